The molecule has 0 radical (unpaired) electrons. The number of nitrogens with one attached hydrogen (secondary N) is 1. The van der Waals surface area contributed by atoms with Gasteiger partial charge in [-0.2, -0.15) is 0 Å². The number of hydrogen-bond donors (Lipinski definition) is 1. The van der Waals surface area contributed by atoms with Crippen LogP contribution in [0.5, 0.6) is 0 Å². The Morgan fingerprint density at radius 1 is 1.14 bits per heavy atom. The molecule has 2 aliphatic heterocycles. The monoisotopic (exact) mass is 287 g/mol. The molecule has 1 aromatic carbocycles. The zero-order valence-corrected chi connectivity index (χ0v) is 13.0. The zero-order chi connectivity index (χ0) is 14.8. The van der Waals surface area contributed by atoms with Crippen LogP contribution in [0.2, 0.25) is 0 Å². The van der Waals surface area contributed by atoms with Crippen molar-refractivity contribution >= 4 is 5.91 Å². The quantitative estimate of drug-likeness (QED) is 0.916. The summed E-state index contributed by atoms with van der Waals surface area (Å²) in [5.41, 5.74) is 2.10. The van der Waals surface area contributed by atoms with Crippen molar-refractivity contribution in [2.45, 2.75) is 25.8 Å². The molecule has 0 aliphatic carbocycles. The Labute approximate surface area is 127 Å². The first-order chi connectivity index (χ1) is 10.1. The van der Waals surface area contributed by atoms with Crippen molar-refractivity contribution in [3.05, 3.63) is 35.4 Å². The van der Waals surface area contributed by atoms with E-state index in [1.54, 1.807) is 0 Å². The number of piperazine rings is 1. The molecule has 4 heteroatoms. The van der Waals surface area contributed by atoms with Crippen LogP contribution in [0.15, 0.2) is 24.3 Å². The first-order valence-electron chi connectivity index (χ1n) is 7.99. The number of benzene rings is 1. The maximum atomic E-state index is 12.4. The fraction of sp³-hybridized carbons (Fsp3) is 0.588. The highest BCUT2D eigenvalue weighted by Crippen LogP contribution is 2.20. The molecular weight excluding hydrogens is 262 g/mol. The predicted molar refractivity (Wildman–Crippen MR) is 84.7 cm³/mol. The van der Waals surface area contributed by atoms with Gasteiger partial charge in [0.2, 0.25) is 0 Å². The molecule has 2 heterocycles. The highest BCUT2D eigenvalue weighted by atomic mass is 16.2. The van der Waals surface area contributed by atoms with Crippen LogP contribution in [0.25, 0.3) is 0 Å². The number of likely N-dealkylation sites (tertiary alicyclic amines) is 1. The normalized spacial score (nSPS) is 20.6. The van der Waals surface area contributed by atoms with Gasteiger partial charge in [-0.3, -0.25) is 9.69 Å². The molecule has 3 rings (SSSR count). The second-order valence-corrected chi connectivity index (χ2v) is 6.43. The minimum absolute atomic E-state index is 0.177. The fourth-order valence-corrected chi connectivity index (χ4v) is 3.09. The second kappa shape index (κ2) is 6.16. The average molecular weight is 287 g/mol. The highest BCUT2D eigenvalue weighted by molar-refractivity contribution is 5.94. The Balaban J connectivity index is 1.55. The first-order valence-corrected chi connectivity index (χ1v) is 7.99. The van der Waals surface area contributed by atoms with E-state index in [0.29, 0.717) is 12.0 Å². The third-order valence-electron chi connectivity index (χ3n) is 4.64. The molecule has 1 amide bonds. The molecule has 0 spiro atoms. The number of hydrogen-bond acceptors (Lipinski definition) is 3. The van der Waals surface area contributed by atoms with E-state index in [1.807, 2.05) is 17.0 Å². The maximum Gasteiger partial charge on any atom is 0.253 e. The van der Waals surface area contributed by atoms with E-state index in [9.17, 15) is 4.79 Å². The standard InChI is InChI=1S/C17H25N3O/c1-13(2)14-3-5-15(6-4-14)17(21)20-11-16(12-20)19-9-7-18-8-10-19/h3-6,13,16,18H,7-12H2,1-2H3. The molecule has 1 aromatic rings. The molecule has 0 atom stereocenters. The summed E-state index contributed by atoms with van der Waals surface area (Å²) in [5, 5.41) is 3.37. The summed E-state index contributed by atoms with van der Waals surface area (Å²) >= 11 is 0. The third-order valence-corrected chi connectivity index (χ3v) is 4.64. The number of carbonyl (C=O) groups is 1. The van der Waals surface area contributed by atoms with Gasteiger partial charge in [-0.15, -0.1) is 0 Å². The number of rotatable bonds is 3. The average Bonchev–Trinajstić information content (AvgIpc) is 2.47. The van der Waals surface area contributed by atoms with Gasteiger partial charge in [-0.1, -0.05) is 26.0 Å². The number of nitrogens with zero attached hydrogens (tertiary/aromatic N) is 2. The van der Waals surface area contributed by atoms with Crippen molar-refractivity contribution in [1.82, 2.24) is 15.1 Å². The lowest BCUT2D eigenvalue weighted by Crippen LogP contribution is -2.63. The minimum Gasteiger partial charge on any atom is -0.335 e. The van der Waals surface area contributed by atoms with Crippen molar-refractivity contribution < 1.29 is 4.79 Å². The Kier molecular flexibility index (Phi) is 4.27. The van der Waals surface area contributed by atoms with E-state index in [-0.39, 0.29) is 5.91 Å². The van der Waals surface area contributed by atoms with Crippen LogP contribution < -0.4 is 5.32 Å². The SMILES string of the molecule is CC(C)c1ccc(C(=O)N2CC(N3CCNCC3)C2)cc1. The van der Waals surface area contributed by atoms with E-state index >= 15 is 0 Å². The van der Waals surface area contributed by atoms with Crippen LogP contribution in [0.3, 0.4) is 0 Å². The Hall–Kier alpha value is -1.39. The lowest BCUT2D eigenvalue weighted by Gasteiger charge is -2.46. The Morgan fingerprint density at radius 2 is 1.76 bits per heavy atom. The van der Waals surface area contributed by atoms with Gasteiger partial charge >= 0.3 is 0 Å². The van der Waals surface area contributed by atoms with Crippen LogP contribution in [-0.4, -0.2) is 61.0 Å². The summed E-state index contributed by atoms with van der Waals surface area (Å²) in [4.78, 5) is 16.9. The summed E-state index contributed by atoms with van der Waals surface area (Å²) in [6.45, 7) is 10.5. The lowest BCUT2D eigenvalue weighted by atomic mass is 10.00. The second-order valence-electron chi connectivity index (χ2n) is 6.43. The molecule has 4 nitrogen and oxygen atoms in total. The Morgan fingerprint density at radius 3 is 2.33 bits per heavy atom. The molecular formula is C17H25N3O. The fourth-order valence-electron chi connectivity index (χ4n) is 3.09. The molecule has 21 heavy (non-hydrogen) atoms. The minimum atomic E-state index is 0.177. The lowest BCUT2D eigenvalue weighted by molar-refractivity contribution is 0.0227. The zero-order valence-electron chi connectivity index (χ0n) is 13.0. The molecule has 1 N–H and O–H groups in total. The summed E-state index contributed by atoms with van der Waals surface area (Å²) in [6, 6.07) is 8.65. The van der Waals surface area contributed by atoms with E-state index in [0.717, 1.165) is 44.8 Å². The molecule has 114 valence electrons. The highest BCUT2D eigenvalue weighted by Gasteiger charge is 2.35. The molecule has 0 unspecified atom stereocenters. The van der Waals surface area contributed by atoms with Crippen LogP contribution in [0.1, 0.15) is 35.7 Å². The van der Waals surface area contributed by atoms with Crippen molar-refractivity contribution in [3.63, 3.8) is 0 Å². The first kappa shape index (κ1) is 14.5. The van der Waals surface area contributed by atoms with Crippen LogP contribution >= 0.6 is 0 Å². The van der Waals surface area contributed by atoms with E-state index in [2.05, 4.69) is 36.2 Å². The molecule has 2 saturated heterocycles. The van der Waals surface area contributed by atoms with Gasteiger partial charge in [-0.25, -0.2) is 0 Å². The van der Waals surface area contributed by atoms with Gasteiger partial charge < -0.3 is 10.2 Å². The van der Waals surface area contributed by atoms with Gasteiger partial charge in [0.1, 0.15) is 0 Å². The van der Waals surface area contributed by atoms with Crippen LogP contribution in [0, 0.1) is 0 Å². The van der Waals surface area contributed by atoms with Crippen LogP contribution in [-0.2, 0) is 0 Å². The van der Waals surface area contributed by atoms with Crippen molar-refractivity contribution in [2.75, 3.05) is 39.3 Å². The van der Waals surface area contributed by atoms with Crippen LogP contribution in [0.4, 0.5) is 0 Å². The predicted octanol–water partition coefficient (Wildman–Crippen LogP) is 1.54. The largest absolute Gasteiger partial charge is 0.335 e. The third kappa shape index (κ3) is 3.11. The molecule has 0 saturated carbocycles. The summed E-state index contributed by atoms with van der Waals surface area (Å²) in [7, 11) is 0. The van der Waals surface area contributed by atoms with Crippen molar-refractivity contribution in [1.29, 1.82) is 0 Å². The van der Waals surface area contributed by atoms with Gasteiger partial charge in [0.15, 0.2) is 0 Å². The van der Waals surface area contributed by atoms with Gasteiger partial charge in [0, 0.05) is 50.9 Å². The van der Waals surface area contributed by atoms with Crippen molar-refractivity contribution in [3.8, 4) is 0 Å². The summed E-state index contributed by atoms with van der Waals surface area (Å²) < 4.78 is 0. The summed E-state index contributed by atoms with van der Waals surface area (Å²) in [6.07, 6.45) is 0. The maximum absolute atomic E-state index is 12.4. The molecule has 2 aliphatic rings. The smallest absolute Gasteiger partial charge is 0.253 e. The van der Waals surface area contributed by atoms with E-state index < -0.39 is 0 Å². The van der Waals surface area contributed by atoms with Gasteiger partial charge in [0.25, 0.3) is 5.91 Å². The van der Waals surface area contributed by atoms with Crippen molar-refractivity contribution in [2.24, 2.45) is 0 Å². The Bertz CT molecular complexity index is 485. The van der Waals surface area contributed by atoms with Gasteiger partial charge in [0.05, 0.1) is 0 Å². The van der Waals surface area contributed by atoms with E-state index in [1.165, 1.54) is 5.56 Å². The summed E-state index contributed by atoms with van der Waals surface area (Å²) in [5.74, 6) is 0.687. The number of amides is 1. The molecule has 2 fully saturated rings. The molecule has 0 aromatic heterocycles. The molecule has 0 bridgehead atoms. The number of carbonyl (C=O) groups excluding carboxylic acids is 1. The topological polar surface area (TPSA) is 35.6 Å². The van der Waals surface area contributed by atoms with E-state index in [4.69, 9.17) is 0 Å². The van der Waals surface area contributed by atoms with Gasteiger partial charge in [-0.05, 0) is 23.6 Å².